The average Bonchev–Trinajstić information content (AvgIpc) is 2.67. The summed E-state index contributed by atoms with van der Waals surface area (Å²) in [5, 5.41) is 7.77. The standard InChI is InChI=1S/C20H24N2O5S/c1-3-18(16-7-5-4-6-8-16)20(24)27-13-19(23)22-14(2)15-9-11-17(12-10-15)28(21,25)26/h4-12,14,18H,3,13H2,1-2H3,(H,22,23)(H2,21,25,26)/t14-,18+/m1/s1. The van der Waals surface area contributed by atoms with Gasteiger partial charge in [0.15, 0.2) is 6.61 Å². The van der Waals surface area contributed by atoms with Gasteiger partial charge >= 0.3 is 5.97 Å². The molecule has 7 nitrogen and oxygen atoms in total. The molecule has 0 aliphatic heterocycles. The first kappa shape index (κ1) is 21.6. The second-order valence-electron chi connectivity index (χ2n) is 6.38. The van der Waals surface area contributed by atoms with Crippen molar-refractivity contribution < 1.29 is 22.7 Å². The normalized spacial score (nSPS) is 13.4. The summed E-state index contributed by atoms with van der Waals surface area (Å²) >= 11 is 0. The van der Waals surface area contributed by atoms with Gasteiger partial charge in [-0.3, -0.25) is 9.59 Å². The SMILES string of the molecule is CC[C@H](C(=O)OCC(=O)N[C@H](C)c1ccc(S(N)(=O)=O)cc1)c1ccccc1. The Labute approximate surface area is 164 Å². The Morgan fingerprint density at radius 3 is 2.18 bits per heavy atom. The van der Waals surface area contributed by atoms with Gasteiger partial charge in [0.25, 0.3) is 5.91 Å². The van der Waals surface area contributed by atoms with E-state index in [0.717, 1.165) is 5.56 Å². The summed E-state index contributed by atoms with van der Waals surface area (Å²) in [5.41, 5.74) is 1.54. The van der Waals surface area contributed by atoms with Crippen LogP contribution in [0.15, 0.2) is 59.5 Å². The quantitative estimate of drug-likeness (QED) is 0.655. The van der Waals surface area contributed by atoms with Crippen molar-refractivity contribution in [3.63, 3.8) is 0 Å². The highest BCUT2D eigenvalue weighted by atomic mass is 32.2. The van der Waals surface area contributed by atoms with E-state index in [9.17, 15) is 18.0 Å². The molecule has 0 aliphatic rings. The first-order valence-corrected chi connectivity index (χ1v) is 10.4. The van der Waals surface area contributed by atoms with Gasteiger partial charge in [-0.05, 0) is 36.6 Å². The largest absolute Gasteiger partial charge is 0.455 e. The molecule has 0 spiro atoms. The van der Waals surface area contributed by atoms with Gasteiger partial charge in [-0.25, -0.2) is 13.6 Å². The molecule has 0 unspecified atom stereocenters. The van der Waals surface area contributed by atoms with Crippen LogP contribution in [0.4, 0.5) is 0 Å². The topological polar surface area (TPSA) is 116 Å². The maximum absolute atomic E-state index is 12.3. The van der Waals surface area contributed by atoms with E-state index in [1.807, 2.05) is 37.3 Å². The summed E-state index contributed by atoms with van der Waals surface area (Å²) in [6, 6.07) is 14.8. The molecule has 150 valence electrons. The van der Waals surface area contributed by atoms with Gasteiger partial charge in [0.05, 0.1) is 16.9 Å². The van der Waals surface area contributed by atoms with Crippen molar-refractivity contribution in [2.24, 2.45) is 5.14 Å². The fourth-order valence-electron chi connectivity index (χ4n) is 2.77. The van der Waals surface area contributed by atoms with E-state index in [-0.39, 0.29) is 11.5 Å². The van der Waals surface area contributed by atoms with Crippen LogP contribution in [0.25, 0.3) is 0 Å². The first-order chi connectivity index (χ1) is 13.2. The Balaban J connectivity index is 1.90. The summed E-state index contributed by atoms with van der Waals surface area (Å²) in [6.07, 6.45) is 0.567. The summed E-state index contributed by atoms with van der Waals surface area (Å²) in [5.74, 6) is -1.31. The molecular formula is C20H24N2O5S. The molecule has 0 radical (unpaired) electrons. The van der Waals surface area contributed by atoms with Crippen molar-refractivity contribution in [2.45, 2.75) is 37.1 Å². The molecule has 0 saturated heterocycles. The van der Waals surface area contributed by atoms with Crippen LogP contribution in [0.5, 0.6) is 0 Å². The van der Waals surface area contributed by atoms with Gasteiger partial charge in [-0.1, -0.05) is 49.4 Å². The molecule has 2 aromatic rings. The van der Waals surface area contributed by atoms with Gasteiger partial charge in [0.2, 0.25) is 10.0 Å². The molecule has 28 heavy (non-hydrogen) atoms. The number of hydrogen-bond acceptors (Lipinski definition) is 5. The summed E-state index contributed by atoms with van der Waals surface area (Å²) in [7, 11) is -3.77. The summed E-state index contributed by atoms with van der Waals surface area (Å²) in [4.78, 5) is 24.4. The summed E-state index contributed by atoms with van der Waals surface area (Å²) < 4.78 is 27.7. The van der Waals surface area contributed by atoms with E-state index in [1.54, 1.807) is 19.1 Å². The van der Waals surface area contributed by atoms with Crippen LogP contribution in [0.2, 0.25) is 0 Å². The zero-order valence-corrected chi connectivity index (χ0v) is 16.6. The third-order valence-corrected chi connectivity index (χ3v) is 5.26. The number of carbonyl (C=O) groups excluding carboxylic acids is 2. The molecule has 0 bridgehead atoms. The molecule has 0 saturated carbocycles. The van der Waals surface area contributed by atoms with Crippen LogP contribution in [-0.2, 0) is 24.3 Å². The second kappa shape index (κ2) is 9.48. The molecule has 2 rings (SSSR count). The Kier molecular flexibility index (Phi) is 7.31. The number of esters is 1. The van der Waals surface area contributed by atoms with E-state index in [4.69, 9.17) is 9.88 Å². The van der Waals surface area contributed by atoms with E-state index < -0.39 is 33.9 Å². The number of ether oxygens (including phenoxy) is 1. The van der Waals surface area contributed by atoms with Crippen LogP contribution in [0.1, 0.15) is 43.4 Å². The number of amides is 1. The first-order valence-electron chi connectivity index (χ1n) is 8.86. The molecule has 0 aromatic heterocycles. The van der Waals surface area contributed by atoms with Gasteiger partial charge in [-0.2, -0.15) is 0 Å². The highest BCUT2D eigenvalue weighted by Crippen LogP contribution is 2.21. The minimum atomic E-state index is -3.77. The van der Waals surface area contributed by atoms with Crippen LogP contribution in [0, 0.1) is 0 Å². The van der Waals surface area contributed by atoms with Crippen LogP contribution in [0.3, 0.4) is 0 Å². The Morgan fingerprint density at radius 1 is 1.04 bits per heavy atom. The molecule has 0 aliphatic carbocycles. The lowest BCUT2D eigenvalue weighted by atomic mass is 9.97. The molecule has 2 aromatic carbocycles. The predicted molar refractivity (Wildman–Crippen MR) is 105 cm³/mol. The number of benzene rings is 2. The van der Waals surface area contributed by atoms with Crippen molar-refractivity contribution in [1.29, 1.82) is 0 Å². The number of carbonyl (C=O) groups is 2. The van der Waals surface area contributed by atoms with Crippen molar-refractivity contribution in [1.82, 2.24) is 5.32 Å². The average molecular weight is 404 g/mol. The number of hydrogen-bond donors (Lipinski definition) is 2. The third kappa shape index (κ3) is 5.90. The smallest absolute Gasteiger partial charge is 0.313 e. The predicted octanol–water partition coefficient (Wildman–Crippen LogP) is 2.25. The molecule has 8 heteroatoms. The van der Waals surface area contributed by atoms with Crippen LogP contribution >= 0.6 is 0 Å². The van der Waals surface area contributed by atoms with Gasteiger partial charge in [-0.15, -0.1) is 0 Å². The van der Waals surface area contributed by atoms with Crippen LogP contribution < -0.4 is 10.5 Å². The van der Waals surface area contributed by atoms with Gasteiger partial charge in [0.1, 0.15) is 0 Å². The summed E-state index contributed by atoms with van der Waals surface area (Å²) in [6.45, 7) is 3.23. The van der Waals surface area contributed by atoms with Crippen molar-refractivity contribution >= 4 is 21.9 Å². The van der Waals surface area contributed by atoms with E-state index in [2.05, 4.69) is 5.32 Å². The zero-order chi connectivity index (χ0) is 20.7. The number of nitrogens with two attached hydrogens (primary N) is 1. The third-order valence-electron chi connectivity index (χ3n) is 4.33. The van der Waals surface area contributed by atoms with Gasteiger partial charge < -0.3 is 10.1 Å². The van der Waals surface area contributed by atoms with Crippen molar-refractivity contribution in [3.05, 3.63) is 65.7 Å². The number of primary sulfonamides is 1. The van der Waals surface area contributed by atoms with E-state index in [0.29, 0.717) is 12.0 Å². The van der Waals surface area contributed by atoms with Crippen molar-refractivity contribution in [3.8, 4) is 0 Å². The van der Waals surface area contributed by atoms with Crippen molar-refractivity contribution in [2.75, 3.05) is 6.61 Å². The molecule has 3 N–H and O–H groups in total. The maximum atomic E-state index is 12.3. The minimum Gasteiger partial charge on any atom is -0.455 e. The highest BCUT2D eigenvalue weighted by Gasteiger charge is 2.21. The minimum absolute atomic E-state index is 0.00442. The highest BCUT2D eigenvalue weighted by molar-refractivity contribution is 7.89. The Bertz CT molecular complexity index is 911. The monoisotopic (exact) mass is 404 g/mol. The number of sulfonamides is 1. The fourth-order valence-corrected chi connectivity index (χ4v) is 3.29. The fraction of sp³-hybridized carbons (Fsp3) is 0.300. The lowest BCUT2D eigenvalue weighted by Crippen LogP contribution is -2.32. The molecule has 0 heterocycles. The van der Waals surface area contributed by atoms with Gasteiger partial charge in [0, 0.05) is 0 Å². The van der Waals surface area contributed by atoms with E-state index >= 15 is 0 Å². The number of nitrogens with one attached hydrogen (secondary N) is 1. The molecule has 0 fully saturated rings. The Hall–Kier alpha value is -2.71. The number of rotatable bonds is 8. The Morgan fingerprint density at radius 2 is 1.64 bits per heavy atom. The zero-order valence-electron chi connectivity index (χ0n) is 15.8. The molecular weight excluding hydrogens is 380 g/mol. The lowest BCUT2D eigenvalue weighted by molar-refractivity contribution is -0.150. The maximum Gasteiger partial charge on any atom is 0.313 e. The molecule has 2 atom stereocenters. The van der Waals surface area contributed by atoms with E-state index in [1.165, 1.54) is 12.1 Å². The van der Waals surface area contributed by atoms with Crippen LogP contribution in [-0.4, -0.2) is 26.9 Å². The lowest BCUT2D eigenvalue weighted by Gasteiger charge is -2.17. The second-order valence-corrected chi connectivity index (χ2v) is 7.94. The molecule has 1 amide bonds.